The molecule has 1 amide bonds. The molecule has 4 aromatic rings. The fourth-order valence-electron chi connectivity index (χ4n) is 3.34. The van der Waals surface area contributed by atoms with Gasteiger partial charge in [-0.15, -0.1) is 10.2 Å². The van der Waals surface area contributed by atoms with Gasteiger partial charge in [-0.3, -0.25) is 9.36 Å². The van der Waals surface area contributed by atoms with Crippen LogP contribution in [0.4, 0.5) is 0 Å². The summed E-state index contributed by atoms with van der Waals surface area (Å²) in [7, 11) is 1.48. The minimum atomic E-state index is -0.278. The van der Waals surface area contributed by atoms with E-state index in [9.17, 15) is 9.90 Å². The second-order valence-corrected chi connectivity index (χ2v) is 8.69. The zero-order chi connectivity index (χ0) is 24.8. The van der Waals surface area contributed by atoms with E-state index in [-0.39, 0.29) is 17.4 Å². The number of nitrogens with zero attached hydrogens (tertiary/aromatic N) is 4. The molecule has 9 heteroatoms. The van der Waals surface area contributed by atoms with Crippen molar-refractivity contribution in [3.8, 4) is 28.6 Å². The Bertz CT molecular complexity index is 1350. The fraction of sp³-hybridized carbons (Fsp3) is 0.154. The Morgan fingerprint density at radius 3 is 2.54 bits per heavy atom. The van der Waals surface area contributed by atoms with Gasteiger partial charge >= 0.3 is 0 Å². The van der Waals surface area contributed by atoms with Gasteiger partial charge in [0.05, 0.1) is 18.6 Å². The summed E-state index contributed by atoms with van der Waals surface area (Å²) in [6, 6.07) is 22.8. The number of hydrazone groups is 1. The van der Waals surface area contributed by atoms with Crippen molar-refractivity contribution in [1.82, 2.24) is 20.2 Å². The number of amides is 1. The van der Waals surface area contributed by atoms with Gasteiger partial charge in [0.1, 0.15) is 0 Å². The van der Waals surface area contributed by atoms with Crippen LogP contribution >= 0.6 is 11.8 Å². The SMILES string of the molecule is COc1cc(/C(C)=N/NC(=O)CSc2nnc(-c3ccccc3)n2-c2ccc(C)cc2)ccc1O. The number of phenolic OH excluding ortho intramolecular Hbond substituents is 1. The third-order valence-corrected chi connectivity index (χ3v) is 6.16. The molecule has 178 valence electrons. The molecule has 0 aliphatic rings. The van der Waals surface area contributed by atoms with E-state index in [1.165, 1.54) is 24.9 Å². The van der Waals surface area contributed by atoms with E-state index >= 15 is 0 Å². The van der Waals surface area contributed by atoms with E-state index in [1.54, 1.807) is 19.1 Å². The molecule has 8 nitrogen and oxygen atoms in total. The molecule has 3 aromatic carbocycles. The van der Waals surface area contributed by atoms with Gasteiger partial charge in [-0.05, 0) is 44.2 Å². The Morgan fingerprint density at radius 1 is 1.09 bits per heavy atom. The van der Waals surface area contributed by atoms with Crippen molar-refractivity contribution >= 4 is 23.4 Å². The van der Waals surface area contributed by atoms with Gasteiger partial charge in [0.25, 0.3) is 5.91 Å². The van der Waals surface area contributed by atoms with Gasteiger partial charge in [0.2, 0.25) is 0 Å². The molecule has 0 fully saturated rings. The lowest BCUT2D eigenvalue weighted by molar-refractivity contribution is -0.118. The molecule has 0 bridgehead atoms. The number of rotatable bonds is 8. The number of phenols is 1. The Balaban J connectivity index is 1.50. The summed E-state index contributed by atoms with van der Waals surface area (Å²) in [5.74, 6) is 0.905. The molecule has 0 atom stereocenters. The first kappa shape index (κ1) is 24.0. The molecule has 0 aliphatic carbocycles. The van der Waals surface area contributed by atoms with Crippen molar-refractivity contribution in [3.63, 3.8) is 0 Å². The largest absolute Gasteiger partial charge is 0.504 e. The first-order chi connectivity index (χ1) is 17.0. The molecule has 0 saturated heterocycles. The van der Waals surface area contributed by atoms with E-state index in [0.717, 1.165) is 22.4 Å². The fourth-order valence-corrected chi connectivity index (χ4v) is 4.08. The van der Waals surface area contributed by atoms with Gasteiger partial charge in [-0.25, -0.2) is 5.43 Å². The monoisotopic (exact) mass is 487 g/mol. The molecular formula is C26H25N5O3S. The first-order valence-corrected chi connectivity index (χ1v) is 11.9. The summed E-state index contributed by atoms with van der Waals surface area (Å²) < 4.78 is 7.07. The van der Waals surface area contributed by atoms with E-state index in [4.69, 9.17) is 4.74 Å². The summed E-state index contributed by atoms with van der Waals surface area (Å²) in [6.07, 6.45) is 0. The lowest BCUT2D eigenvalue weighted by Crippen LogP contribution is -2.21. The van der Waals surface area contributed by atoms with Crippen molar-refractivity contribution in [2.45, 2.75) is 19.0 Å². The number of thioether (sulfide) groups is 1. The Labute approximate surface area is 207 Å². The van der Waals surface area contributed by atoms with Gasteiger partial charge < -0.3 is 9.84 Å². The lowest BCUT2D eigenvalue weighted by atomic mass is 10.1. The average Bonchev–Trinajstić information content (AvgIpc) is 3.31. The number of carbonyl (C=O) groups excluding carboxylic acids is 1. The summed E-state index contributed by atoms with van der Waals surface area (Å²) in [5, 5.41) is 23.3. The maximum Gasteiger partial charge on any atom is 0.250 e. The van der Waals surface area contributed by atoms with Crippen LogP contribution in [-0.4, -0.2) is 44.4 Å². The lowest BCUT2D eigenvalue weighted by Gasteiger charge is -2.10. The van der Waals surface area contributed by atoms with Crippen LogP contribution in [0.3, 0.4) is 0 Å². The molecule has 0 spiro atoms. The second-order valence-electron chi connectivity index (χ2n) is 7.75. The quantitative estimate of drug-likeness (QED) is 0.214. The number of aromatic hydroxyl groups is 1. The molecule has 1 aromatic heterocycles. The van der Waals surface area contributed by atoms with E-state index in [0.29, 0.717) is 22.4 Å². The number of benzene rings is 3. The topological polar surface area (TPSA) is 102 Å². The standard InChI is InChI=1S/C26H25N5O3S/c1-17-9-12-21(13-10-17)31-25(19-7-5-4-6-8-19)29-30-26(31)35-16-24(33)28-27-18(2)20-11-14-22(32)23(15-20)34-3/h4-15,32H,16H2,1-3H3,(H,28,33)/b27-18+. The molecule has 0 unspecified atom stereocenters. The molecule has 1 heterocycles. The van der Waals surface area contributed by atoms with Gasteiger partial charge in [-0.1, -0.05) is 59.8 Å². The number of aromatic nitrogens is 3. The van der Waals surface area contributed by atoms with Gasteiger partial charge in [-0.2, -0.15) is 5.10 Å². The van der Waals surface area contributed by atoms with Crippen LogP contribution in [0.15, 0.2) is 83.1 Å². The number of methoxy groups -OCH3 is 1. The average molecular weight is 488 g/mol. The van der Waals surface area contributed by atoms with Crippen LogP contribution in [-0.2, 0) is 4.79 Å². The van der Waals surface area contributed by atoms with Gasteiger partial charge in [0.15, 0.2) is 22.5 Å². The molecule has 4 rings (SSSR count). The smallest absolute Gasteiger partial charge is 0.250 e. The van der Waals surface area contributed by atoms with Crippen molar-refractivity contribution in [2.24, 2.45) is 5.10 Å². The van der Waals surface area contributed by atoms with Crippen LogP contribution in [0.5, 0.6) is 11.5 Å². The minimum absolute atomic E-state index is 0.0389. The highest BCUT2D eigenvalue weighted by Gasteiger charge is 2.17. The van der Waals surface area contributed by atoms with Crippen LogP contribution in [0.25, 0.3) is 17.1 Å². The Hall–Kier alpha value is -4.11. The highest BCUT2D eigenvalue weighted by molar-refractivity contribution is 7.99. The highest BCUT2D eigenvalue weighted by atomic mass is 32.2. The first-order valence-electron chi connectivity index (χ1n) is 10.9. The number of nitrogens with one attached hydrogen (secondary N) is 1. The van der Waals surface area contributed by atoms with Crippen LogP contribution < -0.4 is 10.2 Å². The van der Waals surface area contributed by atoms with Crippen LogP contribution in [0.1, 0.15) is 18.1 Å². The number of aryl methyl sites for hydroxylation is 1. The predicted molar refractivity (Wildman–Crippen MR) is 137 cm³/mol. The zero-order valence-electron chi connectivity index (χ0n) is 19.6. The van der Waals surface area contributed by atoms with Crippen molar-refractivity contribution in [2.75, 3.05) is 12.9 Å². The Kier molecular flexibility index (Phi) is 7.47. The third kappa shape index (κ3) is 5.70. The summed E-state index contributed by atoms with van der Waals surface area (Å²) >= 11 is 1.28. The normalized spacial score (nSPS) is 11.3. The van der Waals surface area contributed by atoms with E-state index < -0.39 is 0 Å². The molecule has 35 heavy (non-hydrogen) atoms. The number of hydrogen-bond donors (Lipinski definition) is 2. The van der Waals surface area contributed by atoms with E-state index in [1.807, 2.05) is 66.1 Å². The van der Waals surface area contributed by atoms with Crippen LogP contribution in [0, 0.1) is 6.92 Å². The van der Waals surface area contributed by atoms with Crippen LogP contribution in [0.2, 0.25) is 0 Å². The summed E-state index contributed by atoms with van der Waals surface area (Å²) in [5.41, 5.74) is 6.87. The predicted octanol–water partition coefficient (Wildman–Crippen LogP) is 4.59. The number of hydrogen-bond acceptors (Lipinski definition) is 7. The number of carbonyl (C=O) groups is 1. The van der Waals surface area contributed by atoms with Gasteiger partial charge in [0, 0.05) is 16.8 Å². The highest BCUT2D eigenvalue weighted by Crippen LogP contribution is 2.28. The second kappa shape index (κ2) is 10.9. The van der Waals surface area contributed by atoms with Crippen molar-refractivity contribution in [3.05, 3.63) is 83.9 Å². The summed E-state index contributed by atoms with van der Waals surface area (Å²) in [4.78, 5) is 12.5. The number of ether oxygens (including phenoxy) is 1. The zero-order valence-corrected chi connectivity index (χ0v) is 20.4. The Morgan fingerprint density at radius 2 is 1.83 bits per heavy atom. The maximum atomic E-state index is 12.5. The van der Waals surface area contributed by atoms with Crippen molar-refractivity contribution in [1.29, 1.82) is 0 Å². The summed E-state index contributed by atoms with van der Waals surface area (Å²) in [6.45, 7) is 3.80. The minimum Gasteiger partial charge on any atom is -0.504 e. The van der Waals surface area contributed by atoms with E-state index in [2.05, 4.69) is 20.7 Å². The molecule has 0 aliphatic heterocycles. The van der Waals surface area contributed by atoms with Crippen molar-refractivity contribution < 1.29 is 14.6 Å². The molecular weight excluding hydrogens is 462 g/mol. The molecule has 0 saturated carbocycles. The maximum absolute atomic E-state index is 12.5. The molecule has 2 N–H and O–H groups in total. The third-order valence-electron chi connectivity index (χ3n) is 5.24. The molecule has 0 radical (unpaired) electrons.